The number of ether oxygens (including phenoxy) is 1. The zero-order valence-electron chi connectivity index (χ0n) is 19.8. The van der Waals surface area contributed by atoms with Gasteiger partial charge in [-0.15, -0.1) is 0 Å². The standard InChI is InChI=1S/C25H28N8O2/c1-17-13-19(15-26)30-33(17)25-21(18(2)34)4-6-24(29-25)32-16-28-22-14-20(3-5-23(22)32)35-12-11-31-9-7-27-8-10-31/h3-6,13-14,16,18,27,34H,7-12H2,1-2H3. The van der Waals surface area contributed by atoms with Crippen molar-refractivity contribution in [2.75, 3.05) is 39.3 Å². The molecule has 180 valence electrons. The number of imidazole rings is 1. The molecule has 35 heavy (non-hydrogen) atoms. The van der Waals surface area contributed by atoms with Crippen molar-refractivity contribution >= 4 is 11.0 Å². The molecule has 5 rings (SSSR count). The summed E-state index contributed by atoms with van der Waals surface area (Å²) in [5.41, 5.74) is 3.36. The SMILES string of the molecule is Cc1cc(C#N)nn1-c1nc(-n2cnc3cc(OCCN4CCNCC4)ccc32)ccc1C(C)O. The van der Waals surface area contributed by atoms with Crippen molar-refractivity contribution in [3.8, 4) is 23.5 Å². The number of rotatable bonds is 7. The van der Waals surface area contributed by atoms with Crippen molar-refractivity contribution < 1.29 is 9.84 Å². The number of aliphatic hydroxyl groups is 1. The molecule has 4 heterocycles. The molecule has 4 aromatic rings. The van der Waals surface area contributed by atoms with E-state index in [2.05, 4.69) is 26.4 Å². The molecule has 1 aliphatic heterocycles. The van der Waals surface area contributed by atoms with E-state index in [1.807, 2.05) is 41.8 Å². The van der Waals surface area contributed by atoms with Gasteiger partial charge in [-0.2, -0.15) is 10.4 Å². The van der Waals surface area contributed by atoms with Crippen LogP contribution < -0.4 is 10.1 Å². The Morgan fingerprint density at radius 2 is 2.03 bits per heavy atom. The molecule has 1 saturated heterocycles. The normalized spacial score (nSPS) is 15.3. The van der Waals surface area contributed by atoms with E-state index >= 15 is 0 Å². The maximum atomic E-state index is 10.3. The van der Waals surface area contributed by atoms with Gasteiger partial charge in [-0.25, -0.2) is 14.6 Å². The Labute approximate surface area is 203 Å². The Kier molecular flexibility index (Phi) is 6.46. The molecule has 10 heteroatoms. The molecule has 0 bridgehead atoms. The summed E-state index contributed by atoms with van der Waals surface area (Å²) in [6.07, 6.45) is 0.973. The summed E-state index contributed by atoms with van der Waals surface area (Å²) in [6.45, 7) is 9.21. The minimum absolute atomic E-state index is 0.295. The van der Waals surface area contributed by atoms with Crippen LogP contribution in [0.3, 0.4) is 0 Å². The molecule has 1 fully saturated rings. The van der Waals surface area contributed by atoms with Crippen LogP contribution in [0.4, 0.5) is 0 Å². The lowest BCUT2D eigenvalue weighted by molar-refractivity contribution is 0.191. The Balaban J connectivity index is 1.41. The van der Waals surface area contributed by atoms with Crippen LogP contribution in [0.2, 0.25) is 0 Å². The maximum absolute atomic E-state index is 10.3. The Morgan fingerprint density at radius 1 is 1.20 bits per heavy atom. The van der Waals surface area contributed by atoms with Gasteiger partial charge in [0.1, 0.15) is 30.6 Å². The zero-order valence-corrected chi connectivity index (χ0v) is 19.8. The lowest BCUT2D eigenvalue weighted by Gasteiger charge is -2.26. The molecule has 2 N–H and O–H groups in total. The summed E-state index contributed by atoms with van der Waals surface area (Å²) in [4.78, 5) is 11.8. The van der Waals surface area contributed by atoms with Gasteiger partial charge in [0.15, 0.2) is 11.5 Å². The Bertz CT molecular complexity index is 1380. The molecule has 0 aliphatic carbocycles. The molecule has 1 atom stereocenters. The van der Waals surface area contributed by atoms with Gasteiger partial charge >= 0.3 is 0 Å². The number of fused-ring (bicyclic) bond motifs is 1. The van der Waals surface area contributed by atoms with E-state index in [-0.39, 0.29) is 0 Å². The molecular formula is C25H28N8O2. The number of nitrogens with zero attached hydrogens (tertiary/aromatic N) is 7. The first-order chi connectivity index (χ1) is 17.0. The minimum atomic E-state index is -0.749. The van der Waals surface area contributed by atoms with Gasteiger partial charge in [0.25, 0.3) is 0 Å². The highest BCUT2D eigenvalue weighted by Crippen LogP contribution is 2.26. The highest BCUT2D eigenvalue weighted by Gasteiger charge is 2.18. The van der Waals surface area contributed by atoms with E-state index in [1.165, 1.54) is 0 Å². The largest absolute Gasteiger partial charge is 0.492 e. The fourth-order valence-electron chi connectivity index (χ4n) is 4.31. The van der Waals surface area contributed by atoms with Crippen LogP contribution in [0, 0.1) is 18.3 Å². The quantitative estimate of drug-likeness (QED) is 0.420. The van der Waals surface area contributed by atoms with Crippen molar-refractivity contribution in [2.24, 2.45) is 0 Å². The zero-order chi connectivity index (χ0) is 24.4. The second-order valence-corrected chi connectivity index (χ2v) is 8.66. The number of hydrogen-bond donors (Lipinski definition) is 2. The molecule has 0 amide bonds. The smallest absolute Gasteiger partial charge is 0.163 e. The second-order valence-electron chi connectivity index (χ2n) is 8.66. The number of benzene rings is 1. The average Bonchev–Trinajstić information content (AvgIpc) is 3.47. The predicted octanol–water partition coefficient (Wildman–Crippen LogP) is 2.12. The van der Waals surface area contributed by atoms with E-state index < -0.39 is 6.10 Å². The van der Waals surface area contributed by atoms with Crippen molar-refractivity contribution in [3.63, 3.8) is 0 Å². The van der Waals surface area contributed by atoms with Crippen LogP contribution in [-0.2, 0) is 0 Å². The second kappa shape index (κ2) is 9.84. The summed E-state index contributed by atoms with van der Waals surface area (Å²) in [5.74, 6) is 1.89. The summed E-state index contributed by atoms with van der Waals surface area (Å²) in [7, 11) is 0. The first-order valence-electron chi connectivity index (χ1n) is 11.7. The van der Waals surface area contributed by atoms with Gasteiger partial charge < -0.3 is 15.2 Å². The van der Waals surface area contributed by atoms with Crippen LogP contribution in [-0.4, -0.2) is 73.7 Å². The van der Waals surface area contributed by atoms with Crippen LogP contribution in [0.5, 0.6) is 5.75 Å². The molecule has 0 radical (unpaired) electrons. The molecule has 1 aromatic carbocycles. The maximum Gasteiger partial charge on any atom is 0.163 e. The predicted molar refractivity (Wildman–Crippen MR) is 131 cm³/mol. The monoisotopic (exact) mass is 472 g/mol. The van der Waals surface area contributed by atoms with Gasteiger partial charge in [-0.3, -0.25) is 9.47 Å². The third kappa shape index (κ3) is 4.74. The molecule has 0 spiro atoms. The molecular weight excluding hydrogens is 444 g/mol. The number of pyridine rings is 1. The lowest BCUT2D eigenvalue weighted by atomic mass is 10.1. The van der Waals surface area contributed by atoms with Gasteiger partial charge in [0.05, 0.1) is 17.1 Å². The van der Waals surface area contributed by atoms with E-state index in [4.69, 9.17) is 9.72 Å². The molecule has 1 aliphatic rings. The topological polar surface area (TPSA) is 117 Å². The lowest BCUT2D eigenvalue weighted by Crippen LogP contribution is -2.44. The van der Waals surface area contributed by atoms with E-state index in [0.717, 1.165) is 55.2 Å². The number of piperazine rings is 1. The summed E-state index contributed by atoms with van der Waals surface area (Å²) in [6, 6.07) is 13.3. The fraction of sp³-hybridized carbons (Fsp3) is 0.360. The third-order valence-electron chi connectivity index (χ3n) is 6.19. The number of nitrogens with one attached hydrogen (secondary N) is 1. The van der Waals surface area contributed by atoms with Crippen LogP contribution in [0.25, 0.3) is 22.7 Å². The van der Waals surface area contributed by atoms with Crippen LogP contribution in [0.1, 0.15) is 30.0 Å². The number of aryl methyl sites for hydroxylation is 1. The highest BCUT2D eigenvalue weighted by atomic mass is 16.5. The summed E-state index contributed by atoms with van der Waals surface area (Å²) >= 11 is 0. The Morgan fingerprint density at radius 3 is 2.77 bits per heavy atom. The van der Waals surface area contributed by atoms with Gasteiger partial charge in [-0.05, 0) is 44.2 Å². The van der Waals surface area contributed by atoms with Crippen LogP contribution in [0.15, 0.2) is 42.7 Å². The fourth-order valence-corrected chi connectivity index (χ4v) is 4.31. The van der Waals surface area contributed by atoms with Crippen LogP contribution >= 0.6 is 0 Å². The minimum Gasteiger partial charge on any atom is -0.492 e. The van der Waals surface area contributed by atoms with Gasteiger partial charge in [0, 0.05) is 50.0 Å². The van der Waals surface area contributed by atoms with Gasteiger partial charge in [-0.1, -0.05) is 0 Å². The number of hydrogen-bond acceptors (Lipinski definition) is 8. The summed E-state index contributed by atoms with van der Waals surface area (Å²) in [5, 5.41) is 27.2. The van der Waals surface area contributed by atoms with Crippen molar-refractivity contribution in [1.82, 2.24) is 34.5 Å². The van der Waals surface area contributed by atoms with E-state index in [1.54, 1.807) is 24.0 Å². The molecule has 3 aromatic heterocycles. The first-order valence-corrected chi connectivity index (χ1v) is 11.7. The summed E-state index contributed by atoms with van der Waals surface area (Å²) < 4.78 is 9.46. The number of nitriles is 1. The highest BCUT2D eigenvalue weighted by molar-refractivity contribution is 5.78. The van der Waals surface area contributed by atoms with Crippen molar-refractivity contribution in [3.05, 3.63) is 59.7 Å². The van der Waals surface area contributed by atoms with Crippen molar-refractivity contribution in [1.29, 1.82) is 5.26 Å². The van der Waals surface area contributed by atoms with E-state index in [0.29, 0.717) is 29.5 Å². The average molecular weight is 473 g/mol. The first kappa shape index (κ1) is 23.0. The third-order valence-corrected chi connectivity index (χ3v) is 6.19. The number of aliphatic hydroxyl groups excluding tert-OH is 1. The Hall–Kier alpha value is -3.78. The van der Waals surface area contributed by atoms with E-state index in [9.17, 15) is 10.4 Å². The van der Waals surface area contributed by atoms with Crippen molar-refractivity contribution in [2.45, 2.75) is 20.0 Å². The number of aromatic nitrogens is 5. The molecule has 1 unspecified atom stereocenters. The molecule has 10 nitrogen and oxygen atoms in total. The molecule has 0 saturated carbocycles. The van der Waals surface area contributed by atoms with Gasteiger partial charge in [0.2, 0.25) is 0 Å².